The first-order chi connectivity index (χ1) is 14.2. The van der Waals surface area contributed by atoms with E-state index >= 15 is 0 Å². The Morgan fingerprint density at radius 2 is 1.80 bits per heavy atom. The number of halogens is 1. The van der Waals surface area contributed by atoms with Crippen LogP contribution in [0.1, 0.15) is 44.7 Å². The number of fused-ring (bicyclic) bond motifs is 1. The summed E-state index contributed by atoms with van der Waals surface area (Å²) in [6.45, 7) is 3.78. The molecule has 6 nitrogen and oxygen atoms in total. The van der Waals surface area contributed by atoms with Crippen molar-refractivity contribution >= 4 is 33.2 Å². The quantitative estimate of drug-likeness (QED) is 0.682. The Labute approximate surface area is 183 Å². The molecule has 2 aromatic carbocycles. The van der Waals surface area contributed by atoms with Crippen LogP contribution in [-0.4, -0.2) is 32.7 Å². The number of ether oxygens (including phenoxy) is 1. The van der Waals surface area contributed by atoms with E-state index in [4.69, 9.17) is 16.3 Å². The fraction of sp³-hybridized carbons (Fsp3) is 0.409. The van der Waals surface area contributed by atoms with Crippen molar-refractivity contribution in [2.75, 3.05) is 17.1 Å². The van der Waals surface area contributed by atoms with Gasteiger partial charge in [0.25, 0.3) is 0 Å². The highest BCUT2D eigenvalue weighted by atomic mass is 35.5. The van der Waals surface area contributed by atoms with Crippen LogP contribution >= 0.6 is 11.6 Å². The molecule has 0 fully saturated rings. The average Bonchev–Trinajstić information content (AvgIpc) is 2.71. The minimum atomic E-state index is -3.71. The van der Waals surface area contributed by atoms with Gasteiger partial charge in [0.1, 0.15) is 17.9 Å². The number of benzene rings is 2. The summed E-state index contributed by atoms with van der Waals surface area (Å²) in [5.74, 6) is 0.354. The molecule has 0 saturated carbocycles. The van der Waals surface area contributed by atoms with Crippen LogP contribution in [0.25, 0.3) is 0 Å². The first kappa shape index (κ1) is 22.4. The van der Waals surface area contributed by atoms with Gasteiger partial charge in [-0.05, 0) is 31.0 Å². The Balaban J connectivity index is 1.86. The SMILES string of the molecule is CCC1(CC)C[C@@H](NC(=O)CN(c2ccccc2Cl)S(C)(=O)=O)c2ccccc2O1. The van der Waals surface area contributed by atoms with Crippen molar-refractivity contribution in [1.29, 1.82) is 0 Å². The summed E-state index contributed by atoms with van der Waals surface area (Å²) in [4.78, 5) is 12.9. The Bertz CT molecular complexity index is 1020. The van der Waals surface area contributed by atoms with Crippen molar-refractivity contribution in [3.05, 3.63) is 59.1 Å². The van der Waals surface area contributed by atoms with E-state index in [9.17, 15) is 13.2 Å². The van der Waals surface area contributed by atoms with Crippen LogP contribution in [0.2, 0.25) is 5.02 Å². The lowest BCUT2D eigenvalue weighted by Crippen LogP contribution is -2.47. The van der Waals surface area contributed by atoms with Gasteiger partial charge in [0, 0.05) is 12.0 Å². The van der Waals surface area contributed by atoms with Crippen molar-refractivity contribution in [3.8, 4) is 5.75 Å². The number of hydrogen-bond donors (Lipinski definition) is 1. The lowest BCUT2D eigenvalue weighted by atomic mass is 9.83. The molecule has 162 valence electrons. The molecule has 0 radical (unpaired) electrons. The smallest absolute Gasteiger partial charge is 0.241 e. The van der Waals surface area contributed by atoms with Gasteiger partial charge < -0.3 is 10.1 Å². The van der Waals surface area contributed by atoms with Gasteiger partial charge in [0.15, 0.2) is 0 Å². The summed E-state index contributed by atoms with van der Waals surface area (Å²) in [5.41, 5.74) is 0.804. The third-order valence-corrected chi connectivity index (χ3v) is 7.08. The number of sulfonamides is 1. The van der Waals surface area contributed by atoms with Gasteiger partial charge in [-0.2, -0.15) is 0 Å². The van der Waals surface area contributed by atoms with Crippen LogP contribution in [0.15, 0.2) is 48.5 Å². The zero-order chi connectivity index (χ0) is 21.9. The maximum Gasteiger partial charge on any atom is 0.241 e. The van der Waals surface area contributed by atoms with Gasteiger partial charge in [0.05, 0.1) is 23.0 Å². The van der Waals surface area contributed by atoms with Crippen molar-refractivity contribution in [1.82, 2.24) is 5.32 Å². The molecule has 1 atom stereocenters. The molecule has 8 heteroatoms. The first-order valence-corrected chi connectivity index (χ1v) is 12.2. The second-order valence-corrected chi connectivity index (χ2v) is 9.89. The normalized spacial score (nSPS) is 17.5. The van der Waals surface area contributed by atoms with Crippen LogP contribution in [0.5, 0.6) is 5.75 Å². The molecular formula is C22H27ClN2O4S. The van der Waals surface area contributed by atoms with Crippen molar-refractivity contribution in [2.24, 2.45) is 0 Å². The minimum absolute atomic E-state index is 0.267. The summed E-state index contributed by atoms with van der Waals surface area (Å²) >= 11 is 6.19. The molecule has 0 saturated heterocycles. The highest BCUT2D eigenvalue weighted by Crippen LogP contribution is 2.42. The Morgan fingerprint density at radius 3 is 2.43 bits per heavy atom. The van der Waals surface area contributed by atoms with E-state index < -0.39 is 15.9 Å². The molecule has 1 amide bonds. The van der Waals surface area contributed by atoms with E-state index in [1.54, 1.807) is 24.3 Å². The number of rotatable bonds is 7. The number of nitrogens with one attached hydrogen (secondary N) is 1. The predicted octanol–water partition coefficient (Wildman–Crippen LogP) is 4.30. The van der Waals surface area contributed by atoms with Crippen LogP contribution in [0, 0.1) is 0 Å². The standard InChI is InChI=1S/C22H27ClN2O4S/c1-4-22(5-2)14-18(16-10-6-9-13-20(16)29-22)24-21(26)15-25(30(3,27)28)19-12-8-7-11-17(19)23/h6-13,18H,4-5,14-15H2,1-3H3,(H,24,26)/t18-/m1/s1. The Morgan fingerprint density at radius 1 is 1.17 bits per heavy atom. The lowest BCUT2D eigenvalue weighted by Gasteiger charge is -2.41. The van der Waals surface area contributed by atoms with Crippen LogP contribution in [0.4, 0.5) is 5.69 Å². The average molecular weight is 451 g/mol. The molecule has 3 rings (SSSR count). The maximum atomic E-state index is 12.9. The zero-order valence-electron chi connectivity index (χ0n) is 17.4. The number of carbonyl (C=O) groups excluding carboxylic acids is 1. The van der Waals surface area contributed by atoms with E-state index in [0.717, 1.165) is 34.7 Å². The third-order valence-electron chi connectivity index (χ3n) is 5.63. The number of amides is 1. The summed E-state index contributed by atoms with van der Waals surface area (Å²) in [6.07, 6.45) is 3.29. The fourth-order valence-corrected chi connectivity index (χ4v) is 4.99. The van der Waals surface area contributed by atoms with Gasteiger partial charge in [-0.15, -0.1) is 0 Å². The van der Waals surface area contributed by atoms with Gasteiger partial charge in [-0.3, -0.25) is 9.10 Å². The zero-order valence-corrected chi connectivity index (χ0v) is 19.0. The van der Waals surface area contributed by atoms with Crippen LogP contribution in [0.3, 0.4) is 0 Å². The molecule has 0 aromatic heterocycles. The second kappa shape index (κ2) is 8.86. The van der Waals surface area contributed by atoms with Crippen molar-refractivity contribution < 1.29 is 17.9 Å². The van der Waals surface area contributed by atoms with Crippen molar-refractivity contribution in [2.45, 2.75) is 44.8 Å². The molecule has 2 aromatic rings. The van der Waals surface area contributed by atoms with Gasteiger partial charge in [0.2, 0.25) is 15.9 Å². The van der Waals surface area contributed by atoms with Gasteiger partial charge in [-0.25, -0.2) is 8.42 Å². The number of carbonyl (C=O) groups is 1. The summed E-state index contributed by atoms with van der Waals surface area (Å²) < 4.78 is 32.1. The second-order valence-electron chi connectivity index (χ2n) is 7.58. The first-order valence-electron chi connectivity index (χ1n) is 9.98. The van der Waals surface area contributed by atoms with Crippen LogP contribution < -0.4 is 14.4 Å². The minimum Gasteiger partial charge on any atom is -0.487 e. The molecule has 0 bridgehead atoms. The molecule has 1 aliphatic heterocycles. The van der Waals surface area contributed by atoms with Crippen molar-refractivity contribution in [3.63, 3.8) is 0 Å². The topological polar surface area (TPSA) is 75.7 Å². The summed E-state index contributed by atoms with van der Waals surface area (Å²) in [5, 5.41) is 3.29. The Hall–Kier alpha value is -2.25. The number of nitrogens with zero attached hydrogens (tertiary/aromatic N) is 1. The molecule has 30 heavy (non-hydrogen) atoms. The predicted molar refractivity (Wildman–Crippen MR) is 120 cm³/mol. The molecule has 0 unspecified atom stereocenters. The largest absolute Gasteiger partial charge is 0.487 e. The van der Waals surface area contributed by atoms with E-state index in [1.807, 2.05) is 24.3 Å². The Kier molecular flexibility index (Phi) is 6.62. The van der Waals surface area contributed by atoms with Crippen LogP contribution in [-0.2, 0) is 14.8 Å². The molecule has 0 spiro atoms. The number of hydrogen-bond acceptors (Lipinski definition) is 4. The highest BCUT2D eigenvalue weighted by Gasteiger charge is 2.39. The number of para-hydroxylation sites is 2. The number of anilines is 1. The van der Waals surface area contributed by atoms with E-state index in [2.05, 4.69) is 19.2 Å². The van der Waals surface area contributed by atoms with Gasteiger partial charge in [-0.1, -0.05) is 55.8 Å². The molecule has 0 aliphatic carbocycles. The van der Waals surface area contributed by atoms with E-state index in [-0.39, 0.29) is 28.9 Å². The lowest BCUT2D eigenvalue weighted by molar-refractivity contribution is -0.121. The van der Waals surface area contributed by atoms with Gasteiger partial charge >= 0.3 is 0 Å². The summed E-state index contributed by atoms with van der Waals surface area (Å²) in [7, 11) is -3.71. The molecule has 1 aliphatic rings. The van der Waals surface area contributed by atoms with E-state index in [1.165, 1.54) is 0 Å². The fourth-order valence-electron chi connectivity index (χ4n) is 3.84. The molecule has 1 heterocycles. The highest BCUT2D eigenvalue weighted by molar-refractivity contribution is 7.92. The summed E-state index contributed by atoms with van der Waals surface area (Å²) in [6, 6.07) is 13.9. The third kappa shape index (κ3) is 4.73. The molecular weight excluding hydrogens is 424 g/mol. The van der Waals surface area contributed by atoms with E-state index in [0.29, 0.717) is 6.42 Å². The monoisotopic (exact) mass is 450 g/mol. The maximum absolute atomic E-state index is 12.9. The molecule has 1 N–H and O–H groups in total.